The molecule has 0 spiro atoms. The Bertz CT molecular complexity index is 492. The van der Waals surface area contributed by atoms with Crippen LogP contribution in [0.4, 0.5) is 13.2 Å². The molecule has 0 amide bonds. The lowest BCUT2D eigenvalue weighted by Crippen LogP contribution is -2.45. The highest BCUT2D eigenvalue weighted by molar-refractivity contribution is 5.85. The maximum Gasteiger partial charge on any atom is 0.163 e. The Labute approximate surface area is 141 Å². The first-order valence-corrected chi connectivity index (χ1v) is 7.24. The number of hydrogen-bond acceptors (Lipinski definition) is 2. The van der Waals surface area contributed by atoms with Gasteiger partial charge in [0.05, 0.1) is 0 Å². The van der Waals surface area contributed by atoms with Crippen molar-refractivity contribution in [1.82, 2.24) is 10.2 Å². The highest BCUT2D eigenvalue weighted by atomic mass is 35.5. The molecule has 1 saturated heterocycles. The summed E-state index contributed by atoms with van der Waals surface area (Å²) in [6, 6.07) is 1.56. The summed E-state index contributed by atoms with van der Waals surface area (Å²) in [5.74, 6) is -2.11. The fourth-order valence-electron chi connectivity index (χ4n) is 2.95. The predicted molar refractivity (Wildman–Crippen MR) is 85.3 cm³/mol. The topological polar surface area (TPSA) is 15.3 Å². The molecule has 1 aliphatic heterocycles. The second-order valence-electron chi connectivity index (χ2n) is 5.77. The van der Waals surface area contributed by atoms with Crippen LogP contribution < -0.4 is 5.32 Å². The first-order valence-electron chi connectivity index (χ1n) is 7.24. The Kier molecular flexibility index (Phi) is 7.46. The minimum atomic E-state index is -1.09. The van der Waals surface area contributed by atoms with E-state index in [-0.39, 0.29) is 36.4 Å². The molecule has 22 heavy (non-hydrogen) atoms. The van der Waals surface area contributed by atoms with Crippen molar-refractivity contribution in [2.24, 2.45) is 5.92 Å². The molecule has 7 heteroatoms. The molecule has 0 aromatic heterocycles. The molecule has 1 saturated carbocycles. The lowest BCUT2D eigenvalue weighted by Gasteiger charge is -2.35. The van der Waals surface area contributed by atoms with Crippen molar-refractivity contribution in [3.05, 3.63) is 35.1 Å². The van der Waals surface area contributed by atoms with Gasteiger partial charge >= 0.3 is 0 Å². The molecule has 1 atom stereocenters. The third-order valence-electron chi connectivity index (χ3n) is 4.23. The van der Waals surface area contributed by atoms with Crippen molar-refractivity contribution in [2.45, 2.75) is 25.3 Å². The zero-order valence-corrected chi connectivity index (χ0v) is 13.8. The van der Waals surface area contributed by atoms with E-state index in [2.05, 4.69) is 10.2 Å². The van der Waals surface area contributed by atoms with E-state index in [1.165, 1.54) is 0 Å². The molecular weight excluding hydrogens is 336 g/mol. The highest BCUT2D eigenvalue weighted by Gasteiger charge is 2.32. The van der Waals surface area contributed by atoms with Crippen LogP contribution in [-0.2, 0) is 0 Å². The summed E-state index contributed by atoms with van der Waals surface area (Å²) in [6.07, 6.45) is 3.07. The summed E-state index contributed by atoms with van der Waals surface area (Å²) in [5.41, 5.74) is 0.177. The lowest BCUT2D eigenvalue weighted by atomic mass is 9.97. The average molecular weight is 357 g/mol. The third kappa shape index (κ3) is 4.51. The minimum absolute atomic E-state index is 0. The summed E-state index contributed by atoms with van der Waals surface area (Å²) in [7, 11) is 0. The third-order valence-corrected chi connectivity index (χ3v) is 4.23. The molecule has 2 nitrogen and oxygen atoms in total. The van der Waals surface area contributed by atoms with Crippen LogP contribution in [0.15, 0.2) is 12.1 Å². The fourth-order valence-corrected chi connectivity index (χ4v) is 2.95. The number of benzene rings is 1. The summed E-state index contributed by atoms with van der Waals surface area (Å²) >= 11 is 0. The Balaban J connectivity index is 0.00000121. The van der Waals surface area contributed by atoms with Crippen LogP contribution in [0.5, 0.6) is 0 Å². The second-order valence-corrected chi connectivity index (χ2v) is 5.77. The number of nitrogens with zero attached hydrogens (tertiary/aromatic N) is 1. The number of halogens is 5. The molecule has 3 rings (SSSR count). The molecule has 1 N–H and O–H groups in total. The number of rotatable bonds is 4. The number of piperazine rings is 1. The summed E-state index contributed by atoms with van der Waals surface area (Å²) in [6.45, 7) is 3.24. The quantitative estimate of drug-likeness (QED) is 0.827. The SMILES string of the molecule is Cl.Cl.Fc1cc(F)c(F)c([C@@H](CC2CC2)N2CCNCC2)c1. The van der Waals surface area contributed by atoms with E-state index < -0.39 is 17.5 Å². The molecule has 2 fully saturated rings. The van der Waals surface area contributed by atoms with Crippen LogP contribution >= 0.6 is 24.8 Å². The van der Waals surface area contributed by atoms with Gasteiger partial charge in [0.25, 0.3) is 0 Å². The fraction of sp³-hybridized carbons (Fsp3) is 0.600. The zero-order chi connectivity index (χ0) is 14.1. The normalized spacial score (nSPS) is 20.0. The molecule has 1 aromatic carbocycles. The van der Waals surface area contributed by atoms with Crippen LogP contribution in [0.25, 0.3) is 0 Å². The Morgan fingerprint density at radius 1 is 1.09 bits per heavy atom. The van der Waals surface area contributed by atoms with Gasteiger partial charge in [-0.1, -0.05) is 12.8 Å². The van der Waals surface area contributed by atoms with Gasteiger partial charge in [0.2, 0.25) is 0 Å². The van der Waals surface area contributed by atoms with Gasteiger partial charge in [-0.15, -0.1) is 24.8 Å². The molecule has 0 bridgehead atoms. The first kappa shape index (κ1) is 19.6. The standard InChI is InChI=1S/C15H19F3N2.2ClH/c16-11-8-12(15(18)13(17)9-11)14(7-10-1-2-10)20-5-3-19-4-6-20;;/h8-10,14,19H,1-7H2;2*1H/t14-;;/m1../s1. The predicted octanol–water partition coefficient (Wildman–Crippen LogP) is 3.69. The zero-order valence-electron chi connectivity index (χ0n) is 12.2. The lowest BCUT2D eigenvalue weighted by molar-refractivity contribution is 0.156. The van der Waals surface area contributed by atoms with Gasteiger partial charge in [-0.25, -0.2) is 13.2 Å². The van der Waals surface area contributed by atoms with Gasteiger partial charge in [-0.3, -0.25) is 4.90 Å². The Morgan fingerprint density at radius 3 is 2.32 bits per heavy atom. The molecule has 1 aliphatic carbocycles. The van der Waals surface area contributed by atoms with Crippen molar-refractivity contribution in [1.29, 1.82) is 0 Å². The van der Waals surface area contributed by atoms with E-state index in [1.807, 2.05) is 0 Å². The average Bonchev–Trinajstić information content (AvgIpc) is 3.25. The van der Waals surface area contributed by atoms with Crippen LogP contribution in [0.2, 0.25) is 0 Å². The highest BCUT2D eigenvalue weighted by Crippen LogP contribution is 2.41. The van der Waals surface area contributed by atoms with E-state index >= 15 is 0 Å². The molecule has 1 heterocycles. The van der Waals surface area contributed by atoms with Gasteiger partial charge < -0.3 is 5.32 Å². The second kappa shape index (κ2) is 8.39. The Morgan fingerprint density at radius 2 is 1.73 bits per heavy atom. The van der Waals surface area contributed by atoms with Crippen LogP contribution in [0, 0.1) is 23.4 Å². The van der Waals surface area contributed by atoms with E-state index in [0.29, 0.717) is 12.0 Å². The van der Waals surface area contributed by atoms with Gasteiger partial charge in [0, 0.05) is 43.9 Å². The van der Waals surface area contributed by atoms with Gasteiger partial charge in [-0.05, 0) is 18.4 Å². The molecule has 1 aromatic rings. The number of hydrogen-bond donors (Lipinski definition) is 1. The summed E-state index contributed by atoms with van der Waals surface area (Å²) in [4.78, 5) is 2.14. The van der Waals surface area contributed by atoms with Gasteiger partial charge in [0.1, 0.15) is 5.82 Å². The van der Waals surface area contributed by atoms with E-state index in [0.717, 1.165) is 51.5 Å². The molecule has 126 valence electrons. The number of nitrogens with one attached hydrogen (secondary N) is 1. The molecular formula is C15H21Cl2F3N2. The summed E-state index contributed by atoms with van der Waals surface area (Å²) < 4.78 is 41.0. The largest absolute Gasteiger partial charge is 0.314 e. The van der Waals surface area contributed by atoms with Crippen LogP contribution in [-0.4, -0.2) is 31.1 Å². The van der Waals surface area contributed by atoms with Crippen molar-refractivity contribution >= 4 is 24.8 Å². The molecule has 2 aliphatic rings. The van der Waals surface area contributed by atoms with E-state index in [4.69, 9.17) is 0 Å². The molecule has 0 unspecified atom stereocenters. The maximum atomic E-state index is 14.1. The minimum Gasteiger partial charge on any atom is -0.314 e. The van der Waals surface area contributed by atoms with Crippen LogP contribution in [0.1, 0.15) is 30.9 Å². The van der Waals surface area contributed by atoms with Crippen molar-refractivity contribution in [2.75, 3.05) is 26.2 Å². The van der Waals surface area contributed by atoms with Crippen molar-refractivity contribution in [3.8, 4) is 0 Å². The van der Waals surface area contributed by atoms with Gasteiger partial charge in [-0.2, -0.15) is 0 Å². The monoisotopic (exact) mass is 356 g/mol. The smallest absolute Gasteiger partial charge is 0.163 e. The first-order chi connectivity index (χ1) is 9.65. The van der Waals surface area contributed by atoms with Crippen LogP contribution in [0.3, 0.4) is 0 Å². The summed E-state index contributed by atoms with van der Waals surface area (Å²) in [5, 5.41) is 3.24. The molecule has 0 radical (unpaired) electrons. The van der Waals surface area contributed by atoms with E-state index in [9.17, 15) is 13.2 Å². The Hall–Kier alpha value is -0.490. The maximum absolute atomic E-state index is 14.1. The van der Waals surface area contributed by atoms with Gasteiger partial charge in [0.15, 0.2) is 11.6 Å². The van der Waals surface area contributed by atoms with E-state index in [1.54, 1.807) is 0 Å². The van der Waals surface area contributed by atoms with Crippen molar-refractivity contribution in [3.63, 3.8) is 0 Å². The van der Waals surface area contributed by atoms with Crippen molar-refractivity contribution < 1.29 is 13.2 Å².